The summed E-state index contributed by atoms with van der Waals surface area (Å²) in [5, 5.41) is 18.5. The van der Waals surface area contributed by atoms with Crippen LogP contribution in [0.3, 0.4) is 0 Å². The van der Waals surface area contributed by atoms with Crippen LogP contribution in [0.2, 0.25) is 0 Å². The van der Waals surface area contributed by atoms with Gasteiger partial charge in [-0.15, -0.1) is 0 Å². The lowest BCUT2D eigenvalue weighted by molar-refractivity contribution is -0.383. The molecule has 3 aromatic rings. The molecule has 2 N–H and O–H groups in total. The number of nitro benzene ring substituents is 1. The highest BCUT2D eigenvalue weighted by Crippen LogP contribution is 2.32. The number of hydrogen-bond donors (Lipinski definition) is 2. The van der Waals surface area contributed by atoms with E-state index in [-0.39, 0.29) is 10.6 Å². The number of nitrogens with one attached hydrogen (secondary N) is 2. The minimum Gasteiger partial charge on any atom is -0.380 e. The van der Waals surface area contributed by atoms with Crippen LogP contribution in [0, 0.1) is 10.1 Å². The second-order valence-corrected chi connectivity index (χ2v) is 8.15. The first-order valence-corrected chi connectivity index (χ1v) is 10.9. The summed E-state index contributed by atoms with van der Waals surface area (Å²) in [5.74, 6) is 0.586. The van der Waals surface area contributed by atoms with Gasteiger partial charge in [0.2, 0.25) is 0 Å². The summed E-state index contributed by atoms with van der Waals surface area (Å²) in [6.07, 6.45) is 1.48. The molecule has 2 heterocycles. The zero-order chi connectivity index (χ0) is 22.5. The van der Waals surface area contributed by atoms with Gasteiger partial charge < -0.3 is 15.5 Å². The van der Waals surface area contributed by atoms with Crippen LogP contribution in [0.4, 0.5) is 17.2 Å². The molecule has 0 radical (unpaired) electrons. The van der Waals surface area contributed by atoms with Crippen molar-refractivity contribution in [1.82, 2.24) is 19.8 Å². The van der Waals surface area contributed by atoms with Crippen molar-refractivity contribution in [3.8, 4) is 0 Å². The van der Waals surface area contributed by atoms with Gasteiger partial charge in [0.05, 0.1) is 10.4 Å². The molecule has 32 heavy (non-hydrogen) atoms. The molecule has 168 valence electrons. The maximum atomic E-state index is 11.5. The van der Waals surface area contributed by atoms with E-state index in [4.69, 9.17) is 0 Å². The molecule has 0 bridgehead atoms. The molecule has 9 heteroatoms. The van der Waals surface area contributed by atoms with Gasteiger partial charge >= 0.3 is 0 Å². The number of likely N-dealkylation sites (N-methyl/N-ethyl adjacent to an activating group) is 1. The van der Waals surface area contributed by atoms with Crippen LogP contribution >= 0.6 is 0 Å². The van der Waals surface area contributed by atoms with Gasteiger partial charge in [-0.1, -0.05) is 24.3 Å². The van der Waals surface area contributed by atoms with Crippen LogP contribution in [0.25, 0.3) is 10.9 Å². The van der Waals surface area contributed by atoms with Gasteiger partial charge in [-0.3, -0.25) is 15.0 Å². The Balaban J connectivity index is 1.45. The molecule has 1 aliphatic rings. The fourth-order valence-electron chi connectivity index (χ4n) is 3.93. The van der Waals surface area contributed by atoms with Gasteiger partial charge in [-0.25, -0.2) is 9.97 Å². The molecule has 9 nitrogen and oxygen atoms in total. The zero-order valence-corrected chi connectivity index (χ0v) is 18.5. The van der Waals surface area contributed by atoms with Crippen LogP contribution in [-0.2, 0) is 13.1 Å². The van der Waals surface area contributed by atoms with Gasteiger partial charge in [0, 0.05) is 57.3 Å². The Morgan fingerprint density at radius 3 is 2.44 bits per heavy atom. The number of piperazine rings is 1. The average molecular weight is 436 g/mol. The number of fused-ring (bicyclic) bond motifs is 1. The summed E-state index contributed by atoms with van der Waals surface area (Å²) in [7, 11) is 2.17. The van der Waals surface area contributed by atoms with Gasteiger partial charge in [-0.2, -0.15) is 0 Å². The third kappa shape index (κ3) is 5.12. The summed E-state index contributed by atoms with van der Waals surface area (Å²) < 4.78 is 0. The third-order valence-electron chi connectivity index (χ3n) is 5.80. The topological polar surface area (TPSA) is 99.5 Å². The lowest BCUT2D eigenvalue weighted by atomic mass is 10.1. The Hall–Kier alpha value is -3.30. The van der Waals surface area contributed by atoms with Crippen molar-refractivity contribution in [2.45, 2.75) is 20.0 Å². The molecule has 1 aliphatic heterocycles. The molecular formula is C23H29N7O2. The van der Waals surface area contributed by atoms with E-state index in [1.54, 1.807) is 6.07 Å². The van der Waals surface area contributed by atoms with Crippen LogP contribution in [0.15, 0.2) is 42.7 Å². The predicted octanol–water partition coefficient (Wildman–Crippen LogP) is 3.33. The van der Waals surface area contributed by atoms with Crippen molar-refractivity contribution in [3.05, 3.63) is 64.0 Å². The van der Waals surface area contributed by atoms with E-state index in [9.17, 15) is 10.1 Å². The highest BCUT2D eigenvalue weighted by Gasteiger charge is 2.17. The number of nitro groups is 1. The standard InChI is InChI=1S/C23H29N7O2/c1-3-24-21-13-20-19(12-22(21)30(31)32)23(27-16-26-20)25-14-17-4-6-18(7-5-17)15-29-10-8-28(2)9-11-29/h4-7,12-13,16,24H,3,8-11,14-15H2,1-2H3,(H,25,26,27). The number of benzene rings is 2. The SMILES string of the molecule is CCNc1cc2ncnc(NCc3ccc(CN4CCN(C)CC4)cc3)c2cc1[N+](=O)[O-]. The lowest BCUT2D eigenvalue weighted by Gasteiger charge is -2.32. The summed E-state index contributed by atoms with van der Waals surface area (Å²) in [6, 6.07) is 11.8. The predicted molar refractivity (Wildman–Crippen MR) is 127 cm³/mol. The van der Waals surface area contributed by atoms with E-state index in [2.05, 4.69) is 61.7 Å². The molecule has 0 unspecified atom stereocenters. The number of aromatic nitrogens is 2. The first-order valence-electron chi connectivity index (χ1n) is 10.9. The number of hydrogen-bond acceptors (Lipinski definition) is 8. The summed E-state index contributed by atoms with van der Waals surface area (Å²) in [5.41, 5.74) is 3.57. The normalized spacial score (nSPS) is 15.1. The highest BCUT2D eigenvalue weighted by molar-refractivity contribution is 5.94. The minimum atomic E-state index is -0.382. The van der Waals surface area contributed by atoms with Crippen LogP contribution in [0.5, 0.6) is 0 Å². The first kappa shape index (κ1) is 21.9. The van der Waals surface area contributed by atoms with E-state index >= 15 is 0 Å². The molecule has 2 aromatic carbocycles. The number of rotatable bonds is 8. The Kier molecular flexibility index (Phi) is 6.77. The molecular weight excluding hydrogens is 406 g/mol. The van der Waals surface area contributed by atoms with Crippen molar-refractivity contribution in [1.29, 1.82) is 0 Å². The molecule has 0 atom stereocenters. The van der Waals surface area contributed by atoms with Crippen molar-refractivity contribution >= 4 is 28.1 Å². The van der Waals surface area contributed by atoms with Crippen LogP contribution in [0.1, 0.15) is 18.1 Å². The third-order valence-corrected chi connectivity index (χ3v) is 5.80. The largest absolute Gasteiger partial charge is 0.380 e. The summed E-state index contributed by atoms with van der Waals surface area (Å²) in [4.78, 5) is 24.6. The Labute approximate surface area is 187 Å². The molecule has 1 aromatic heterocycles. The quantitative estimate of drug-likeness (QED) is 0.411. The number of nitrogens with zero attached hydrogens (tertiary/aromatic N) is 5. The number of anilines is 2. The van der Waals surface area contributed by atoms with Crippen molar-refractivity contribution in [3.63, 3.8) is 0 Å². The van der Waals surface area contributed by atoms with Crippen LogP contribution in [-0.4, -0.2) is 64.5 Å². The average Bonchev–Trinajstić information content (AvgIpc) is 2.79. The molecule has 0 amide bonds. The molecule has 1 saturated heterocycles. The molecule has 0 saturated carbocycles. The van der Waals surface area contributed by atoms with E-state index < -0.39 is 0 Å². The Bertz CT molecular complexity index is 1080. The van der Waals surface area contributed by atoms with E-state index in [1.807, 2.05) is 6.92 Å². The van der Waals surface area contributed by atoms with Gasteiger partial charge in [0.25, 0.3) is 5.69 Å². The van der Waals surface area contributed by atoms with Gasteiger partial charge in [0.15, 0.2) is 0 Å². The first-order chi connectivity index (χ1) is 15.5. The Morgan fingerprint density at radius 1 is 1.03 bits per heavy atom. The van der Waals surface area contributed by atoms with Crippen LogP contribution < -0.4 is 10.6 Å². The fraction of sp³-hybridized carbons (Fsp3) is 0.391. The van der Waals surface area contributed by atoms with Gasteiger partial charge in [0.1, 0.15) is 17.8 Å². The van der Waals surface area contributed by atoms with E-state index in [1.165, 1.54) is 18.0 Å². The molecule has 4 rings (SSSR count). The zero-order valence-electron chi connectivity index (χ0n) is 18.5. The second kappa shape index (κ2) is 9.88. The van der Waals surface area contributed by atoms with E-state index in [0.29, 0.717) is 35.5 Å². The Morgan fingerprint density at radius 2 is 1.75 bits per heavy atom. The van der Waals surface area contributed by atoms with Crippen molar-refractivity contribution < 1.29 is 4.92 Å². The molecule has 0 spiro atoms. The minimum absolute atomic E-state index is 0.0189. The highest BCUT2D eigenvalue weighted by atomic mass is 16.6. The maximum Gasteiger partial charge on any atom is 0.293 e. The molecule has 1 fully saturated rings. The van der Waals surface area contributed by atoms with Crippen molar-refractivity contribution in [2.75, 3.05) is 50.4 Å². The second-order valence-electron chi connectivity index (χ2n) is 8.15. The summed E-state index contributed by atoms with van der Waals surface area (Å²) in [6.45, 7) is 8.46. The monoisotopic (exact) mass is 435 g/mol. The van der Waals surface area contributed by atoms with Gasteiger partial charge in [-0.05, 0) is 31.2 Å². The van der Waals surface area contributed by atoms with E-state index in [0.717, 1.165) is 38.3 Å². The smallest absolute Gasteiger partial charge is 0.293 e. The maximum absolute atomic E-state index is 11.5. The van der Waals surface area contributed by atoms with Crippen molar-refractivity contribution in [2.24, 2.45) is 0 Å². The molecule has 0 aliphatic carbocycles. The summed E-state index contributed by atoms with van der Waals surface area (Å²) >= 11 is 0. The lowest BCUT2D eigenvalue weighted by Crippen LogP contribution is -2.43. The fourth-order valence-corrected chi connectivity index (χ4v) is 3.93.